The number of aryl methyl sites for hydroxylation is 1. The lowest BCUT2D eigenvalue weighted by Gasteiger charge is -2.06. The van der Waals surface area contributed by atoms with E-state index < -0.39 is 0 Å². The number of amides is 1. The van der Waals surface area contributed by atoms with Crippen molar-refractivity contribution in [1.82, 2.24) is 15.6 Å². The average Bonchev–Trinajstić information content (AvgIpc) is 2.23. The third kappa shape index (κ3) is 3.86. The van der Waals surface area contributed by atoms with Gasteiger partial charge in [-0.1, -0.05) is 0 Å². The Morgan fingerprint density at radius 3 is 2.94 bits per heavy atom. The summed E-state index contributed by atoms with van der Waals surface area (Å²) in [6.45, 7) is 4.95. The van der Waals surface area contributed by atoms with Gasteiger partial charge in [0.05, 0.1) is 12.2 Å². The molecule has 0 fully saturated rings. The molecular weight excluding hydrogens is 206 g/mol. The van der Waals surface area contributed by atoms with Gasteiger partial charge in [0.1, 0.15) is 5.75 Å². The largest absolute Gasteiger partial charge is 0.506 e. The molecule has 0 atom stereocenters. The number of nitrogens with one attached hydrogen (secondary N) is 2. The second-order valence-electron chi connectivity index (χ2n) is 3.48. The lowest BCUT2D eigenvalue weighted by Crippen LogP contribution is -2.33. The summed E-state index contributed by atoms with van der Waals surface area (Å²) in [5.41, 5.74) is 1.40. The van der Waals surface area contributed by atoms with E-state index in [2.05, 4.69) is 15.6 Å². The maximum absolute atomic E-state index is 11.1. The second-order valence-corrected chi connectivity index (χ2v) is 3.48. The summed E-state index contributed by atoms with van der Waals surface area (Å²) in [5.74, 6) is 0.0867. The van der Waals surface area contributed by atoms with Crippen molar-refractivity contribution in [1.29, 1.82) is 0 Å². The van der Waals surface area contributed by atoms with Gasteiger partial charge in [-0.25, -0.2) is 0 Å². The van der Waals surface area contributed by atoms with Gasteiger partial charge in [-0.05, 0) is 26.0 Å². The molecule has 0 saturated heterocycles. The Hall–Kier alpha value is -1.62. The number of hydrogen-bond acceptors (Lipinski definition) is 4. The molecule has 1 rings (SSSR count). The zero-order chi connectivity index (χ0) is 12.0. The van der Waals surface area contributed by atoms with E-state index in [9.17, 15) is 9.90 Å². The van der Waals surface area contributed by atoms with E-state index in [0.29, 0.717) is 18.8 Å². The van der Waals surface area contributed by atoms with Crippen molar-refractivity contribution in [2.45, 2.75) is 20.4 Å². The highest BCUT2D eigenvalue weighted by Gasteiger charge is 2.04. The molecule has 0 aromatic carbocycles. The molecule has 1 aromatic heterocycles. The molecule has 3 N–H and O–H groups in total. The summed E-state index contributed by atoms with van der Waals surface area (Å²) in [4.78, 5) is 15.3. The van der Waals surface area contributed by atoms with Crippen LogP contribution in [0.4, 0.5) is 0 Å². The molecule has 0 bridgehead atoms. The average molecular weight is 223 g/mol. The van der Waals surface area contributed by atoms with Crippen molar-refractivity contribution in [2.24, 2.45) is 0 Å². The predicted molar refractivity (Wildman–Crippen MR) is 61.0 cm³/mol. The van der Waals surface area contributed by atoms with Crippen LogP contribution in [-0.2, 0) is 11.3 Å². The number of carbonyl (C=O) groups is 1. The fourth-order valence-electron chi connectivity index (χ4n) is 1.29. The molecule has 0 radical (unpaired) electrons. The summed E-state index contributed by atoms with van der Waals surface area (Å²) in [5, 5.41) is 15.1. The van der Waals surface area contributed by atoms with Gasteiger partial charge in [-0.2, -0.15) is 0 Å². The minimum Gasteiger partial charge on any atom is -0.506 e. The number of likely N-dealkylation sites (N-methyl/N-ethyl adjacent to an activating group) is 1. The van der Waals surface area contributed by atoms with E-state index in [1.165, 1.54) is 0 Å². The van der Waals surface area contributed by atoms with Crippen LogP contribution in [-0.4, -0.2) is 29.1 Å². The van der Waals surface area contributed by atoms with Crippen LogP contribution in [0.2, 0.25) is 0 Å². The highest BCUT2D eigenvalue weighted by molar-refractivity contribution is 5.77. The van der Waals surface area contributed by atoms with Crippen LogP contribution in [0.15, 0.2) is 12.1 Å². The molecular formula is C11H17N3O2. The number of aromatic hydroxyl groups is 1. The predicted octanol–water partition coefficient (Wildman–Crippen LogP) is 0.321. The normalized spacial score (nSPS) is 10.1. The molecule has 1 aromatic rings. The van der Waals surface area contributed by atoms with Crippen molar-refractivity contribution < 1.29 is 9.90 Å². The Morgan fingerprint density at radius 1 is 1.50 bits per heavy atom. The summed E-state index contributed by atoms with van der Waals surface area (Å²) >= 11 is 0. The summed E-state index contributed by atoms with van der Waals surface area (Å²) in [6, 6.07) is 3.34. The standard InChI is InChI=1S/C11H17N3O2/c1-3-13-11(16)7-12-6-9-10(15)5-4-8(2)14-9/h4-5,12,15H,3,6-7H2,1-2H3,(H,13,16). The highest BCUT2D eigenvalue weighted by Crippen LogP contribution is 2.13. The maximum Gasteiger partial charge on any atom is 0.233 e. The van der Waals surface area contributed by atoms with Gasteiger partial charge in [0.25, 0.3) is 0 Å². The zero-order valence-corrected chi connectivity index (χ0v) is 9.58. The number of carbonyl (C=O) groups excluding carboxylic acids is 1. The van der Waals surface area contributed by atoms with E-state index in [4.69, 9.17) is 0 Å². The molecule has 5 nitrogen and oxygen atoms in total. The van der Waals surface area contributed by atoms with E-state index in [-0.39, 0.29) is 18.2 Å². The van der Waals surface area contributed by atoms with Gasteiger partial charge >= 0.3 is 0 Å². The van der Waals surface area contributed by atoms with Crippen LogP contribution in [0.1, 0.15) is 18.3 Å². The minimum atomic E-state index is -0.0605. The molecule has 0 unspecified atom stereocenters. The first-order chi connectivity index (χ1) is 7.63. The quantitative estimate of drug-likeness (QED) is 0.672. The van der Waals surface area contributed by atoms with Crippen LogP contribution >= 0.6 is 0 Å². The minimum absolute atomic E-state index is 0.0605. The van der Waals surface area contributed by atoms with Crippen LogP contribution in [0.3, 0.4) is 0 Å². The molecule has 0 aliphatic carbocycles. The Morgan fingerprint density at radius 2 is 2.25 bits per heavy atom. The van der Waals surface area contributed by atoms with Crippen molar-refractivity contribution in [3.05, 3.63) is 23.5 Å². The molecule has 0 aliphatic rings. The van der Waals surface area contributed by atoms with E-state index in [0.717, 1.165) is 5.69 Å². The Bertz CT molecular complexity index is 366. The van der Waals surface area contributed by atoms with E-state index >= 15 is 0 Å². The third-order valence-electron chi connectivity index (χ3n) is 2.04. The zero-order valence-electron chi connectivity index (χ0n) is 9.58. The van der Waals surface area contributed by atoms with Crippen LogP contribution in [0.5, 0.6) is 5.75 Å². The van der Waals surface area contributed by atoms with Gasteiger partial charge in [0.2, 0.25) is 5.91 Å². The molecule has 1 amide bonds. The molecule has 0 saturated carbocycles. The number of aromatic nitrogens is 1. The fourth-order valence-corrected chi connectivity index (χ4v) is 1.29. The lowest BCUT2D eigenvalue weighted by molar-refractivity contribution is -0.120. The Balaban J connectivity index is 2.42. The van der Waals surface area contributed by atoms with Crippen LogP contribution in [0, 0.1) is 6.92 Å². The van der Waals surface area contributed by atoms with Crippen LogP contribution < -0.4 is 10.6 Å². The topological polar surface area (TPSA) is 74.2 Å². The van der Waals surface area contributed by atoms with Crippen molar-refractivity contribution in [2.75, 3.05) is 13.1 Å². The van der Waals surface area contributed by atoms with Gasteiger partial charge in [-0.15, -0.1) is 0 Å². The first-order valence-electron chi connectivity index (χ1n) is 5.26. The number of nitrogens with zero attached hydrogens (tertiary/aromatic N) is 1. The first-order valence-corrected chi connectivity index (χ1v) is 5.26. The molecule has 88 valence electrons. The van der Waals surface area contributed by atoms with Crippen molar-refractivity contribution in [3.63, 3.8) is 0 Å². The van der Waals surface area contributed by atoms with Gasteiger partial charge in [0, 0.05) is 18.8 Å². The van der Waals surface area contributed by atoms with E-state index in [1.807, 2.05) is 13.8 Å². The molecule has 5 heteroatoms. The Labute approximate surface area is 94.9 Å². The van der Waals surface area contributed by atoms with Crippen LogP contribution in [0.25, 0.3) is 0 Å². The number of rotatable bonds is 5. The van der Waals surface area contributed by atoms with E-state index in [1.54, 1.807) is 12.1 Å². The van der Waals surface area contributed by atoms with Gasteiger partial charge < -0.3 is 15.7 Å². The second kappa shape index (κ2) is 6.07. The monoisotopic (exact) mass is 223 g/mol. The highest BCUT2D eigenvalue weighted by atomic mass is 16.3. The summed E-state index contributed by atoms with van der Waals surface area (Å²) < 4.78 is 0. The lowest BCUT2D eigenvalue weighted by atomic mass is 10.3. The maximum atomic E-state index is 11.1. The molecule has 0 aliphatic heterocycles. The number of hydrogen-bond donors (Lipinski definition) is 3. The molecule has 1 heterocycles. The third-order valence-corrected chi connectivity index (χ3v) is 2.04. The van der Waals surface area contributed by atoms with Crippen molar-refractivity contribution in [3.8, 4) is 5.75 Å². The van der Waals surface area contributed by atoms with Gasteiger partial charge in [0.15, 0.2) is 0 Å². The number of pyridine rings is 1. The smallest absolute Gasteiger partial charge is 0.233 e. The summed E-state index contributed by atoms with van der Waals surface area (Å²) in [6.07, 6.45) is 0. The molecule has 16 heavy (non-hydrogen) atoms. The first kappa shape index (κ1) is 12.4. The Kier molecular flexibility index (Phi) is 4.72. The SMILES string of the molecule is CCNC(=O)CNCc1nc(C)ccc1O. The summed E-state index contributed by atoms with van der Waals surface area (Å²) in [7, 11) is 0. The fraction of sp³-hybridized carbons (Fsp3) is 0.455. The van der Waals surface area contributed by atoms with Crippen molar-refractivity contribution >= 4 is 5.91 Å². The molecule has 0 spiro atoms. The van der Waals surface area contributed by atoms with Gasteiger partial charge in [-0.3, -0.25) is 9.78 Å².